The fourth-order valence-corrected chi connectivity index (χ4v) is 2.77. The second-order valence-corrected chi connectivity index (χ2v) is 6.92. The summed E-state index contributed by atoms with van der Waals surface area (Å²) < 4.78 is 18.5. The molecule has 3 rings (SSSR count). The van der Waals surface area contributed by atoms with Crippen LogP contribution in [-0.4, -0.2) is 49.7 Å². The number of nitroso groups, excluding NO2 is 1. The maximum atomic E-state index is 13.5. The van der Waals surface area contributed by atoms with Gasteiger partial charge in [-0.2, -0.15) is 9.70 Å². The molecule has 0 saturated carbocycles. The molecule has 0 bridgehead atoms. The quantitative estimate of drug-likeness (QED) is 0.510. The Bertz CT molecular complexity index is 1090. The summed E-state index contributed by atoms with van der Waals surface area (Å²) in [5.41, 5.74) is 1.14. The molecule has 3 aromatic rings. The first-order valence-electron chi connectivity index (χ1n) is 9.43. The molecule has 12 heteroatoms. The summed E-state index contributed by atoms with van der Waals surface area (Å²) in [7, 11) is 1.37. The van der Waals surface area contributed by atoms with Gasteiger partial charge in [0.1, 0.15) is 17.2 Å². The molecule has 1 aromatic carbocycles. The van der Waals surface area contributed by atoms with Gasteiger partial charge in [0.15, 0.2) is 11.6 Å². The largest absolute Gasteiger partial charge is 0.494 e. The van der Waals surface area contributed by atoms with Gasteiger partial charge < -0.3 is 10.1 Å². The highest BCUT2D eigenvalue weighted by molar-refractivity contribution is 5.93. The number of hydrogen-bond donors (Lipinski definition) is 1. The molecule has 11 nitrogen and oxygen atoms in total. The van der Waals surface area contributed by atoms with E-state index in [2.05, 4.69) is 35.9 Å². The van der Waals surface area contributed by atoms with Crippen molar-refractivity contribution in [3.8, 4) is 17.3 Å². The lowest BCUT2D eigenvalue weighted by atomic mass is 10.2. The number of carbonyl (C=O) groups excluding carboxylic acids is 1. The van der Waals surface area contributed by atoms with E-state index in [1.165, 1.54) is 30.1 Å². The number of methoxy groups -OCH3 is 1. The van der Waals surface area contributed by atoms with Gasteiger partial charge in [0.2, 0.25) is 5.82 Å². The van der Waals surface area contributed by atoms with Gasteiger partial charge in [-0.3, -0.25) is 4.79 Å². The third-order valence-corrected chi connectivity index (χ3v) is 4.28. The van der Waals surface area contributed by atoms with Crippen LogP contribution in [0.3, 0.4) is 0 Å². The van der Waals surface area contributed by atoms with E-state index in [0.717, 1.165) is 0 Å². The zero-order chi connectivity index (χ0) is 22.4. The zero-order valence-corrected chi connectivity index (χ0v) is 17.2. The SMILES string of the molecule is COc1cc(CNC(=O)c2cc(-c3nnn(C[C@H](C)CN=O)n3)nc(C)n2)ccc1F. The molecule has 0 aliphatic carbocycles. The van der Waals surface area contributed by atoms with Crippen molar-refractivity contribution in [1.29, 1.82) is 0 Å². The fraction of sp³-hybridized carbons (Fsp3) is 0.368. The highest BCUT2D eigenvalue weighted by Crippen LogP contribution is 2.18. The minimum atomic E-state index is -0.481. The molecule has 2 heterocycles. The van der Waals surface area contributed by atoms with Gasteiger partial charge >= 0.3 is 0 Å². The Morgan fingerprint density at radius 2 is 2.13 bits per heavy atom. The molecule has 0 saturated heterocycles. The Balaban J connectivity index is 1.72. The monoisotopic (exact) mass is 428 g/mol. The summed E-state index contributed by atoms with van der Waals surface area (Å²) in [5.74, 6) is -0.272. The van der Waals surface area contributed by atoms with Gasteiger partial charge in [-0.05, 0) is 35.9 Å². The predicted octanol–water partition coefficient (Wildman–Crippen LogP) is 1.92. The number of amides is 1. The number of rotatable bonds is 9. The number of hydrogen-bond acceptors (Lipinski definition) is 9. The van der Waals surface area contributed by atoms with Crippen LogP contribution in [0.4, 0.5) is 4.39 Å². The average molecular weight is 428 g/mol. The van der Waals surface area contributed by atoms with Crippen LogP contribution >= 0.6 is 0 Å². The summed E-state index contributed by atoms with van der Waals surface area (Å²) in [5, 5.41) is 17.7. The highest BCUT2D eigenvalue weighted by atomic mass is 19.1. The molecule has 1 atom stereocenters. The molecule has 0 spiro atoms. The van der Waals surface area contributed by atoms with Crippen molar-refractivity contribution in [2.45, 2.75) is 26.9 Å². The second-order valence-electron chi connectivity index (χ2n) is 6.92. The summed E-state index contributed by atoms with van der Waals surface area (Å²) in [6.07, 6.45) is 0. The van der Waals surface area contributed by atoms with E-state index >= 15 is 0 Å². The molecule has 1 amide bonds. The summed E-state index contributed by atoms with van der Waals surface area (Å²) in [4.78, 5) is 32.7. The van der Waals surface area contributed by atoms with Gasteiger partial charge in [0.25, 0.3) is 5.91 Å². The molecule has 0 aliphatic heterocycles. The molecule has 2 aromatic heterocycles. The minimum Gasteiger partial charge on any atom is -0.494 e. The number of aryl methyl sites for hydroxylation is 1. The third-order valence-electron chi connectivity index (χ3n) is 4.28. The lowest BCUT2D eigenvalue weighted by molar-refractivity contribution is 0.0945. The molecular formula is C19H21FN8O3. The van der Waals surface area contributed by atoms with Crippen molar-refractivity contribution in [3.05, 3.63) is 52.1 Å². The first-order valence-corrected chi connectivity index (χ1v) is 9.43. The maximum absolute atomic E-state index is 13.5. The number of halogens is 1. The molecule has 0 radical (unpaired) electrons. The van der Waals surface area contributed by atoms with Crippen molar-refractivity contribution >= 4 is 5.91 Å². The third kappa shape index (κ3) is 5.62. The number of benzene rings is 1. The Labute approximate surface area is 177 Å². The Hall–Kier alpha value is -3.83. The van der Waals surface area contributed by atoms with E-state index in [1.54, 1.807) is 13.0 Å². The topological polar surface area (TPSA) is 137 Å². The normalized spacial score (nSPS) is 11.7. The summed E-state index contributed by atoms with van der Waals surface area (Å²) in [6, 6.07) is 5.80. The van der Waals surface area contributed by atoms with Crippen LogP contribution in [0.15, 0.2) is 29.4 Å². The molecular weight excluding hydrogens is 407 g/mol. The van der Waals surface area contributed by atoms with Crippen LogP contribution < -0.4 is 10.1 Å². The van der Waals surface area contributed by atoms with Crippen LogP contribution in [0.5, 0.6) is 5.75 Å². The number of carbonyl (C=O) groups is 1. The molecule has 31 heavy (non-hydrogen) atoms. The number of aromatic nitrogens is 6. The summed E-state index contributed by atoms with van der Waals surface area (Å²) in [6.45, 7) is 4.17. The van der Waals surface area contributed by atoms with Crippen molar-refractivity contribution in [2.24, 2.45) is 11.1 Å². The molecule has 1 N–H and O–H groups in total. The Kier molecular flexibility index (Phi) is 6.90. The molecule has 162 valence electrons. The van der Waals surface area contributed by atoms with E-state index in [-0.39, 0.29) is 36.3 Å². The van der Waals surface area contributed by atoms with E-state index < -0.39 is 11.7 Å². The summed E-state index contributed by atoms with van der Waals surface area (Å²) >= 11 is 0. The standard InChI is InChI=1S/C19H21FN8O3/c1-11(8-22-30)10-28-26-18(25-27-28)15-7-16(24-12(2)23-15)19(29)21-9-13-4-5-14(20)17(6-13)31-3/h4-7,11H,8-10H2,1-3H3,(H,21,29)/t11-/m1/s1. The van der Waals surface area contributed by atoms with Gasteiger partial charge in [0.05, 0.1) is 20.2 Å². The number of ether oxygens (including phenoxy) is 1. The van der Waals surface area contributed by atoms with Crippen LogP contribution in [0.2, 0.25) is 0 Å². The number of tetrazole rings is 1. The lowest BCUT2D eigenvalue weighted by Gasteiger charge is -2.08. The van der Waals surface area contributed by atoms with Crippen molar-refractivity contribution in [2.75, 3.05) is 13.7 Å². The van der Waals surface area contributed by atoms with Gasteiger partial charge in [-0.15, -0.1) is 10.2 Å². The molecule has 0 aliphatic rings. The van der Waals surface area contributed by atoms with Crippen LogP contribution in [0.25, 0.3) is 11.5 Å². The number of nitrogens with zero attached hydrogens (tertiary/aromatic N) is 7. The lowest BCUT2D eigenvalue weighted by Crippen LogP contribution is -2.24. The van der Waals surface area contributed by atoms with E-state index in [0.29, 0.717) is 23.6 Å². The number of nitrogens with one attached hydrogen (secondary N) is 1. The van der Waals surface area contributed by atoms with Crippen LogP contribution in [0, 0.1) is 23.6 Å². The van der Waals surface area contributed by atoms with Gasteiger partial charge in [-0.1, -0.05) is 18.2 Å². The smallest absolute Gasteiger partial charge is 0.270 e. The van der Waals surface area contributed by atoms with E-state index in [4.69, 9.17) is 4.74 Å². The Morgan fingerprint density at radius 1 is 1.32 bits per heavy atom. The molecule has 0 fully saturated rings. The average Bonchev–Trinajstić information content (AvgIpc) is 3.21. The molecule has 0 unspecified atom stereocenters. The Morgan fingerprint density at radius 3 is 2.87 bits per heavy atom. The van der Waals surface area contributed by atoms with Crippen molar-refractivity contribution in [1.82, 2.24) is 35.5 Å². The van der Waals surface area contributed by atoms with Crippen molar-refractivity contribution in [3.63, 3.8) is 0 Å². The van der Waals surface area contributed by atoms with E-state index in [9.17, 15) is 14.1 Å². The first-order chi connectivity index (χ1) is 14.9. The predicted molar refractivity (Wildman–Crippen MR) is 108 cm³/mol. The van der Waals surface area contributed by atoms with Crippen molar-refractivity contribution < 1.29 is 13.9 Å². The van der Waals surface area contributed by atoms with Gasteiger partial charge in [-0.25, -0.2) is 14.4 Å². The fourth-order valence-electron chi connectivity index (χ4n) is 2.77. The van der Waals surface area contributed by atoms with Gasteiger partial charge in [0, 0.05) is 12.5 Å². The minimum absolute atomic E-state index is 0.0434. The zero-order valence-electron chi connectivity index (χ0n) is 17.2. The van der Waals surface area contributed by atoms with Crippen LogP contribution in [0.1, 0.15) is 28.8 Å². The second kappa shape index (κ2) is 9.78. The highest BCUT2D eigenvalue weighted by Gasteiger charge is 2.16. The first kappa shape index (κ1) is 21.9. The maximum Gasteiger partial charge on any atom is 0.270 e. The van der Waals surface area contributed by atoms with Crippen LogP contribution in [-0.2, 0) is 13.1 Å². The van der Waals surface area contributed by atoms with E-state index in [1.807, 2.05) is 6.92 Å².